The largest absolute Gasteiger partial charge is 0.433 e. The van der Waals surface area contributed by atoms with Gasteiger partial charge in [-0.15, -0.1) is 10.2 Å². The maximum atomic E-state index is 13.3. The predicted octanol–water partition coefficient (Wildman–Crippen LogP) is 5.00. The van der Waals surface area contributed by atoms with Crippen molar-refractivity contribution < 1.29 is 17.6 Å². The van der Waals surface area contributed by atoms with Gasteiger partial charge in [0, 0.05) is 10.7 Å². The molecule has 0 unspecified atom stereocenters. The Morgan fingerprint density at radius 2 is 1.93 bits per heavy atom. The van der Waals surface area contributed by atoms with Gasteiger partial charge >= 0.3 is 6.18 Å². The van der Waals surface area contributed by atoms with Crippen molar-refractivity contribution in [2.45, 2.75) is 19.5 Å². The zero-order valence-corrected chi connectivity index (χ0v) is 15.6. The van der Waals surface area contributed by atoms with Crippen LogP contribution in [-0.4, -0.2) is 24.8 Å². The van der Waals surface area contributed by atoms with Gasteiger partial charge in [0.15, 0.2) is 11.3 Å². The summed E-state index contributed by atoms with van der Waals surface area (Å²) in [4.78, 5) is 4.04. The lowest BCUT2D eigenvalue weighted by molar-refractivity contribution is -0.142. The second kappa shape index (κ2) is 6.75. The summed E-state index contributed by atoms with van der Waals surface area (Å²) in [5, 5.41) is 12.1. The van der Waals surface area contributed by atoms with Crippen molar-refractivity contribution in [1.29, 1.82) is 0 Å². The van der Waals surface area contributed by atoms with Crippen LogP contribution in [0.25, 0.3) is 17.2 Å². The first-order valence-corrected chi connectivity index (χ1v) is 8.68. The van der Waals surface area contributed by atoms with E-state index in [2.05, 4.69) is 20.3 Å². The molecule has 0 radical (unpaired) electrons. The normalized spacial score (nSPS) is 12.1. The third kappa shape index (κ3) is 3.43. The fourth-order valence-electron chi connectivity index (χ4n) is 2.69. The Hall–Kier alpha value is -2.65. The molecule has 0 saturated heterocycles. The Morgan fingerprint density at radius 3 is 2.64 bits per heavy atom. The minimum atomic E-state index is -4.63. The molecule has 0 spiro atoms. The van der Waals surface area contributed by atoms with Crippen LogP contribution >= 0.6 is 23.2 Å². The van der Waals surface area contributed by atoms with Crippen molar-refractivity contribution in [1.82, 2.24) is 24.8 Å². The van der Waals surface area contributed by atoms with Gasteiger partial charge in [0.1, 0.15) is 10.7 Å². The number of hydrogen-bond acceptors (Lipinski definition) is 5. The van der Waals surface area contributed by atoms with Gasteiger partial charge in [-0.3, -0.25) is 0 Å². The highest BCUT2D eigenvalue weighted by molar-refractivity contribution is 6.35. The van der Waals surface area contributed by atoms with Crippen molar-refractivity contribution >= 4 is 28.8 Å². The van der Waals surface area contributed by atoms with E-state index >= 15 is 0 Å². The van der Waals surface area contributed by atoms with E-state index in [4.69, 9.17) is 27.6 Å². The van der Waals surface area contributed by atoms with E-state index in [1.54, 1.807) is 18.2 Å². The summed E-state index contributed by atoms with van der Waals surface area (Å²) >= 11 is 12.2. The first kappa shape index (κ1) is 18.7. The number of alkyl halides is 3. The van der Waals surface area contributed by atoms with E-state index < -0.39 is 11.9 Å². The lowest BCUT2D eigenvalue weighted by Crippen LogP contribution is -2.13. The van der Waals surface area contributed by atoms with Gasteiger partial charge in [-0.2, -0.15) is 18.3 Å². The molecule has 4 rings (SSSR count). The summed E-state index contributed by atoms with van der Waals surface area (Å²) in [6.45, 7) is 1.44. The minimum absolute atomic E-state index is 0.0740. The van der Waals surface area contributed by atoms with Gasteiger partial charge < -0.3 is 4.42 Å². The van der Waals surface area contributed by atoms with E-state index in [1.165, 1.54) is 6.92 Å². The van der Waals surface area contributed by atoms with E-state index in [-0.39, 0.29) is 33.8 Å². The Bertz CT molecular complexity index is 1190. The first-order valence-electron chi connectivity index (χ1n) is 7.92. The van der Waals surface area contributed by atoms with Crippen molar-refractivity contribution in [2.75, 3.05) is 0 Å². The number of aromatic nitrogens is 5. The zero-order chi connectivity index (χ0) is 20.1. The van der Waals surface area contributed by atoms with Crippen LogP contribution in [0.2, 0.25) is 10.0 Å². The highest BCUT2D eigenvalue weighted by Gasteiger charge is 2.36. The highest BCUT2D eigenvalue weighted by atomic mass is 35.5. The van der Waals surface area contributed by atoms with Crippen LogP contribution in [0.1, 0.15) is 22.8 Å². The maximum Gasteiger partial charge on any atom is 0.433 e. The third-order valence-electron chi connectivity index (χ3n) is 3.87. The average molecular weight is 428 g/mol. The van der Waals surface area contributed by atoms with Crippen molar-refractivity contribution in [3.63, 3.8) is 0 Å². The maximum absolute atomic E-state index is 13.3. The van der Waals surface area contributed by atoms with Crippen LogP contribution in [0.3, 0.4) is 0 Å². The van der Waals surface area contributed by atoms with Crippen LogP contribution < -0.4 is 0 Å². The molecular formula is C17H10Cl2F3N5O. The molecule has 3 heterocycles. The highest BCUT2D eigenvalue weighted by Crippen LogP contribution is 2.35. The second-order valence-electron chi connectivity index (χ2n) is 5.99. The van der Waals surface area contributed by atoms with Gasteiger partial charge in [0.05, 0.1) is 6.42 Å². The van der Waals surface area contributed by atoms with E-state index in [0.29, 0.717) is 16.0 Å². The van der Waals surface area contributed by atoms with E-state index in [0.717, 1.165) is 11.6 Å². The van der Waals surface area contributed by atoms with Crippen molar-refractivity contribution in [2.24, 2.45) is 0 Å². The standard InChI is InChI=1S/C17H10Cl2F3N5O/c1-8-5-11(17(20,21)22)27-15(23-8)13(19)14(26-27)16-25-24-12(28-16)7-9-3-2-4-10(18)6-9/h2-6H,7H2,1H3. The summed E-state index contributed by atoms with van der Waals surface area (Å²) in [5.74, 6) is 0.142. The van der Waals surface area contributed by atoms with Crippen LogP contribution in [0, 0.1) is 6.92 Å². The predicted molar refractivity (Wildman–Crippen MR) is 95.3 cm³/mol. The summed E-state index contributed by atoms with van der Waals surface area (Å²) in [6, 6.07) is 7.97. The molecule has 3 aromatic heterocycles. The molecule has 0 aliphatic rings. The number of rotatable bonds is 3. The Kier molecular flexibility index (Phi) is 4.51. The van der Waals surface area contributed by atoms with Crippen molar-refractivity contribution in [3.8, 4) is 11.6 Å². The molecular weight excluding hydrogens is 418 g/mol. The molecule has 1 aromatic carbocycles. The van der Waals surface area contributed by atoms with E-state index in [1.807, 2.05) is 6.07 Å². The zero-order valence-electron chi connectivity index (χ0n) is 14.1. The fraction of sp³-hybridized carbons (Fsp3) is 0.176. The number of fused-ring (bicyclic) bond motifs is 1. The summed E-state index contributed by atoms with van der Waals surface area (Å²) < 4.78 is 46.2. The van der Waals surface area contributed by atoms with Gasteiger partial charge in [0.2, 0.25) is 5.89 Å². The molecule has 11 heteroatoms. The van der Waals surface area contributed by atoms with Crippen LogP contribution in [0.15, 0.2) is 34.7 Å². The quantitative estimate of drug-likeness (QED) is 0.459. The molecule has 0 amide bonds. The number of benzene rings is 1. The molecule has 0 saturated carbocycles. The lowest BCUT2D eigenvalue weighted by Gasteiger charge is -2.09. The molecule has 0 bridgehead atoms. The number of aryl methyl sites for hydroxylation is 1. The van der Waals surface area contributed by atoms with Crippen LogP contribution in [0.5, 0.6) is 0 Å². The molecule has 0 aliphatic carbocycles. The molecule has 0 atom stereocenters. The molecule has 6 nitrogen and oxygen atoms in total. The Balaban J connectivity index is 1.76. The number of nitrogens with zero attached hydrogens (tertiary/aromatic N) is 5. The fourth-order valence-corrected chi connectivity index (χ4v) is 3.15. The Morgan fingerprint density at radius 1 is 1.14 bits per heavy atom. The van der Waals surface area contributed by atoms with Gasteiger partial charge in [-0.05, 0) is 30.7 Å². The summed E-state index contributed by atoms with van der Waals surface area (Å²) in [6.07, 6.45) is -4.34. The van der Waals surface area contributed by atoms with E-state index in [9.17, 15) is 13.2 Å². The van der Waals surface area contributed by atoms with Crippen LogP contribution in [-0.2, 0) is 12.6 Å². The molecule has 28 heavy (non-hydrogen) atoms. The van der Waals surface area contributed by atoms with Gasteiger partial charge in [-0.25, -0.2) is 9.50 Å². The molecule has 4 aromatic rings. The van der Waals surface area contributed by atoms with Gasteiger partial charge in [0.25, 0.3) is 5.89 Å². The topological polar surface area (TPSA) is 69.1 Å². The smallest absolute Gasteiger partial charge is 0.419 e. The molecule has 0 fully saturated rings. The SMILES string of the molecule is Cc1cc(C(F)(F)F)n2nc(-c3nnc(Cc4cccc(Cl)c4)o3)c(Cl)c2n1. The van der Waals surface area contributed by atoms with Gasteiger partial charge in [-0.1, -0.05) is 35.3 Å². The summed E-state index contributed by atoms with van der Waals surface area (Å²) in [7, 11) is 0. The number of halogens is 5. The minimum Gasteiger partial charge on any atom is -0.419 e. The monoisotopic (exact) mass is 427 g/mol. The molecule has 0 N–H and O–H groups in total. The lowest BCUT2D eigenvalue weighted by atomic mass is 10.1. The summed E-state index contributed by atoms with van der Waals surface area (Å²) in [5.41, 5.74) is -0.226. The number of hydrogen-bond donors (Lipinski definition) is 0. The average Bonchev–Trinajstić information content (AvgIpc) is 3.18. The second-order valence-corrected chi connectivity index (χ2v) is 6.80. The first-order chi connectivity index (χ1) is 13.2. The van der Waals surface area contributed by atoms with Crippen molar-refractivity contribution in [3.05, 3.63) is 63.2 Å². The van der Waals surface area contributed by atoms with Crippen LogP contribution in [0.4, 0.5) is 13.2 Å². The Labute approximate surface area is 165 Å². The molecule has 0 aliphatic heterocycles. The molecule has 144 valence electrons. The third-order valence-corrected chi connectivity index (χ3v) is 4.45.